The molecule has 0 amide bonds. The number of nitriles is 1. The van der Waals surface area contributed by atoms with Crippen LogP contribution in [0.4, 0.5) is 0 Å². The molecule has 0 aliphatic heterocycles. The molecule has 3 nitrogen and oxygen atoms in total. The van der Waals surface area contributed by atoms with Crippen molar-refractivity contribution in [3.63, 3.8) is 0 Å². The molecular weight excluding hydrogens is 202 g/mol. The Balaban J connectivity index is 2.48. The largest absolute Gasteiger partial charge is 0.453 e. The molecule has 1 aromatic carbocycles. The summed E-state index contributed by atoms with van der Waals surface area (Å²) in [7, 11) is 0. The van der Waals surface area contributed by atoms with Gasteiger partial charge in [-0.05, 0) is 30.7 Å². The van der Waals surface area contributed by atoms with Crippen molar-refractivity contribution in [2.45, 2.75) is 6.92 Å². The molecule has 0 saturated heterocycles. The molecule has 0 saturated carbocycles. The van der Waals surface area contributed by atoms with E-state index < -0.39 is 0 Å². The number of carbonyl (C=O) groups excluding carboxylic acids is 1. The van der Waals surface area contributed by atoms with E-state index in [1.54, 1.807) is 18.2 Å². The van der Waals surface area contributed by atoms with E-state index in [1.165, 1.54) is 0 Å². The quantitative estimate of drug-likeness (QED) is 0.717. The van der Waals surface area contributed by atoms with Crippen LogP contribution in [0, 0.1) is 18.3 Å². The summed E-state index contributed by atoms with van der Waals surface area (Å²) in [6.45, 7) is 1.88. The maximum Gasteiger partial charge on any atom is 0.185 e. The topological polar surface area (TPSA) is 54.0 Å². The maximum absolute atomic E-state index is 10.5. The van der Waals surface area contributed by atoms with Gasteiger partial charge in [0.1, 0.15) is 5.76 Å². The normalized spacial score (nSPS) is 9.75. The standard InChI is InChI=1S/C13H9NO2/c1-9-2-3-10(6-11(9)7-14)13-5-4-12(8-15)16-13/h2-6,8H,1H3. The molecule has 0 aliphatic rings. The van der Waals surface area contributed by atoms with Gasteiger partial charge in [-0.2, -0.15) is 5.26 Å². The minimum absolute atomic E-state index is 0.286. The third-order valence-corrected chi connectivity index (χ3v) is 2.39. The van der Waals surface area contributed by atoms with Crippen LogP contribution in [0.25, 0.3) is 11.3 Å². The maximum atomic E-state index is 10.5. The van der Waals surface area contributed by atoms with Gasteiger partial charge in [-0.1, -0.05) is 12.1 Å². The summed E-state index contributed by atoms with van der Waals surface area (Å²) in [6.07, 6.45) is 0.656. The SMILES string of the molecule is Cc1ccc(-c2ccc(C=O)o2)cc1C#N. The molecule has 0 spiro atoms. The zero-order valence-electron chi connectivity index (χ0n) is 8.73. The minimum atomic E-state index is 0.286. The van der Waals surface area contributed by atoms with E-state index >= 15 is 0 Å². The molecule has 2 rings (SSSR count). The van der Waals surface area contributed by atoms with E-state index in [2.05, 4.69) is 6.07 Å². The van der Waals surface area contributed by atoms with Crippen molar-refractivity contribution in [3.8, 4) is 17.4 Å². The Kier molecular flexibility index (Phi) is 2.57. The van der Waals surface area contributed by atoms with Gasteiger partial charge >= 0.3 is 0 Å². The number of nitrogens with zero attached hydrogens (tertiary/aromatic N) is 1. The van der Waals surface area contributed by atoms with Crippen LogP contribution < -0.4 is 0 Å². The van der Waals surface area contributed by atoms with Crippen molar-refractivity contribution in [1.82, 2.24) is 0 Å². The van der Waals surface area contributed by atoms with Gasteiger partial charge in [-0.15, -0.1) is 0 Å². The van der Waals surface area contributed by atoms with Crippen LogP contribution in [0.15, 0.2) is 34.7 Å². The number of rotatable bonds is 2. The van der Waals surface area contributed by atoms with E-state index in [0.29, 0.717) is 17.6 Å². The zero-order valence-corrected chi connectivity index (χ0v) is 8.73. The summed E-state index contributed by atoms with van der Waals surface area (Å²) < 4.78 is 5.28. The fourth-order valence-electron chi connectivity index (χ4n) is 1.47. The molecule has 0 fully saturated rings. The van der Waals surface area contributed by atoms with Crippen LogP contribution >= 0.6 is 0 Å². The molecule has 0 atom stereocenters. The van der Waals surface area contributed by atoms with Gasteiger partial charge in [-0.3, -0.25) is 4.79 Å². The summed E-state index contributed by atoms with van der Waals surface area (Å²) in [5.74, 6) is 0.882. The van der Waals surface area contributed by atoms with Crippen molar-refractivity contribution in [3.05, 3.63) is 47.2 Å². The average molecular weight is 211 g/mol. The number of hydrogen-bond acceptors (Lipinski definition) is 3. The molecule has 2 aromatic rings. The van der Waals surface area contributed by atoms with Gasteiger partial charge in [-0.25, -0.2) is 0 Å². The summed E-state index contributed by atoms with van der Waals surface area (Å²) in [5, 5.41) is 8.90. The molecule has 0 aliphatic carbocycles. The van der Waals surface area contributed by atoms with E-state index in [-0.39, 0.29) is 5.76 Å². The van der Waals surface area contributed by atoms with Crippen LogP contribution in [0.5, 0.6) is 0 Å². The highest BCUT2D eigenvalue weighted by atomic mass is 16.3. The zero-order chi connectivity index (χ0) is 11.5. The van der Waals surface area contributed by atoms with Gasteiger partial charge in [0.15, 0.2) is 12.0 Å². The third-order valence-electron chi connectivity index (χ3n) is 2.39. The van der Waals surface area contributed by atoms with Crippen molar-refractivity contribution < 1.29 is 9.21 Å². The lowest BCUT2D eigenvalue weighted by Gasteiger charge is -2.00. The van der Waals surface area contributed by atoms with Gasteiger partial charge in [0.25, 0.3) is 0 Å². The first-order valence-electron chi connectivity index (χ1n) is 4.80. The third kappa shape index (κ3) is 1.73. The number of furan rings is 1. The minimum Gasteiger partial charge on any atom is -0.453 e. The number of aryl methyl sites for hydroxylation is 1. The fraction of sp³-hybridized carbons (Fsp3) is 0.0769. The summed E-state index contributed by atoms with van der Waals surface area (Å²) in [5.41, 5.74) is 2.34. The second-order valence-electron chi connectivity index (χ2n) is 3.46. The molecule has 0 bridgehead atoms. The highest BCUT2D eigenvalue weighted by Crippen LogP contribution is 2.23. The summed E-state index contributed by atoms with van der Waals surface area (Å²) >= 11 is 0. The molecule has 0 unspecified atom stereocenters. The molecule has 16 heavy (non-hydrogen) atoms. The Morgan fingerprint density at radius 3 is 2.75 bits per heavy atom. The first-order chi connectivity index (χ1) is 7.74. The molecule has 78 valence electrons. The number of hydrogen-bond donors (Lipinski definition) is 0. The molecular formula is C13H9NO2. The lowest BCUT2D eigenvalue weighted by atomic mass is 10.0. The van der Waals surface area contributed by atoms with E-state index in [4.69, 9.17) is 9.68 Å². The van der Waals surface area contributed by atoms with Crippen molar-refractivity contribution >= 4 is 6.29 Å². The number of carbonyl (C=O) groups is 1. The number of aldehydes is 1. The van der Waals surface area contributed by atoms with Crippen LogP contribution in [-0.4, -0.2) is 6.29 Å². The van der Waals surface area contributed by atoms with Crippen molar-refractivity contribution in [1.29, 1.82) is 5.26 Å². The Bertz CT molecular complexity index is 576. The second kappa shape index (κ2) is 4.03. The van der Waals surface area contributed by atoms with E-state index in [1.807, 2.05) is 19.1 Å². The van der Waals surface area contributed by atoms with Crippen molar-refractivity contribution in [2.24, 2.45) is 0 Å². The Labute approximate surface area is 92.9 Å². The van der Waals surface area contributed by atoms with Crippen LogP contribution in [-0.2, 0) is 0 Å². The predicted octanol–water partition coefficient (Wildman–Crippen LogP) is 2.94. The Hall–Kier alpha value is -2.34. The second-order valence-corrected chi connectivity index (χ2v) is 3.46. The fourth-order valence-corrected chi connectivity index (χ4v) is 1.47. The lowest BCUT2D eigenvalue weighted by Crippen LogP contribution is -1.83. The highest BCUT2D eigenvalue weighted by molar-refractivity contribution is 5.73. The van der Waals surface area contributed by atoms with Gasteiger partial charge in [0.2, 0.25) is 0 Å². The predicted molar refractivity (Wildman–Crippen MR) is 59.0 cm³/mol. The number of benzene rings is 1. The van der Waals surface area contributed by atoms with Gasteiger partial charge in [0.05, 0.1) is 11.6 Å². The van der Waals surface area contributed by atoms with Gasteiger partial charge in [0, 0.05) is 5.56 Å². The van der Waals surface area contributed by atoms with Crippen LogP contribution in [0.1, 0.15) is 21.7 Å². The molecule has 1 aromatic heterocycles. The lowest BCUT2D eigenvalue weighted by molar-refractivity contribution is 0.110. The highest BCUT2D eigenvalue weighted by Gasteiger charge is 2.06. The van der Waals surface area contributed by atoms with Crippen LogP contribution in [0.3, 0.4) is 0 Å². The Morgan fingerprint density at radius 2 is 2.12 bits per heavy atom. The molecule has 3 heteroatoms. The first-order valence-corrected chi connectivity index (χ1v) is 4.80. The summed E-state index contributed by atoms with van der Waals surface area (Å²) in [6, 6.07) is 10.9. The van der Waals surface area contributed by atoms with Gasteiger partial charge < -0.3 is 4.42 Å². The molecule has 1 heterocycles. The summed E-state index contributed by atoms with van der Waals surface area (Å²) in [4.78, 5) is 10.5. The first kappa shape index (κ1) is 10.2. The monoisotopic (exact) mass is 211 g/mol. The smallest absolute Gasteiger partial charge is 0.185 e. The van der Waals surface area contributed by atoms with E-state index in [9.17, 15) is 4.79 Å². The Morgan fingerprint density at radius 1 is 1.31 bits per heavy atom. The van der Waals surface area contributed by atoms with E-state index in [0.717, 1.165) is 11.1 Å². The van der Waals surface area contributed by atoms with Crippen LogP contribution in [0.2, 0.25) is 0 Å². The van der Waals surface area contributed by atoms with Crippen molar-refractivity contribution in [2.75, 3.05) is 0 Å². The molecule has 0 N–H and O–H groups in total. The average Bonchev–Trinajstić information content (AvgIpc) is 2.78. The molecule has 0 radical (unpaired) electrons.